The predicted octanol–water partition coefficient (Wildman–Crippen LogP) is 5.25. The Hall–Kier alpha value is -1.32. The van der Waals surface area contributed by atoms with E-state index in [1.807, 2.05) is 49.4 Å². The highest BCUT2D eigenvalue weighted by molar-refractivity contribution is 9.10. The molecule has 0 aliphatic rings. The Labute approximate surface area is 126 Å². The summed E-state index contributed by atoms with van der Waals surface area (Å²) < 4.78 is 6.25. The van der Waals surface area contributed by atoms with E-state index in [1.54, 1.807) is 6.21 Å². The fraction of sp³-hybridized carbons (Fsp3) is 0.133. The first-order valence-electron chi connectivity index (χ1n) is 5.91. The zero-order valence-electron chi connectivity index (χ0n) is 10.4. The molecule has 0 fully saturated rings. The number of hydrogen-bond acceptors (Lipinski definition) is 2. The largest absolute Gasteiger partial charge is 0.494 e. The van der Waals surface area contributed by atoms with Crippen molar-refractivity contribution in [3.63, 3.8) is 0 Å². The van der Waals surface area contributed by atoms with Gasteiger partial charge in [0.25, 0.3) is 0 Å². The topological polar surface area (TPSA) is 21.6 Å². The summed E-state index contributed by atoms with van der Waals surface area (Å²) in [4.78, 5) is 4.38. The van der Waals surface area contributed by atoms with E-state index in [4.69, 9.17) is 16.3 Å². The van der Waals surface area contributed by atoms with Crippen LogP contribution in [0.3, 0.4) is 0 Å². The van der Waals surface area contributed by atoms with E-state index in [-0.39, 0.29) is 0 Å². The first kappa shape index (κ1) is 14.1. The van der Waals surface area contributed by atoms with Crippen LogP contribution < -0.4 is 4.74 Å². The lowest BCUT2D eigenvalue weighted by molar-refractivity contribution is 0.340. The molecule has 0 bridgehead atoms. The molecule has 0 radical (unpaired) electrons. The average Bonchev–Trinajstić information content (AvgIpc) is 2.42. The number of ether oxygens (including phenoxy) is 1. The molecule has 0 unspecified atom stereocenters. The van der Waals surface area contributed by atoms with Gasteiger partial charge in [-0.15, -0.1) is 0 Å². The van der Waals surface area contributed by atoms with Crippen LogP contribution in [0.5, 0.6) is 5.75 Å². The molecule has 0 spiro atoms. The summed E-state index contributed by atoms with van der Waals surface area (Å²) in [6.45, 7) is 2.64. The molecular formula is C15H13BrClNO. The molecule has 0 atom stereocenters. The monoisotopic (exact) mass is 337 g/mol. The molecule has 0 aliphatic carbocycles. The third kappa shape index (κ3) is 4.08. The van der Waals surface area contributed by atoms with Gasteiger partial charge in [-0.1, -0.05) is 11.6 Å². The predicted molar refractivity (Wildman–Crippen MR) is 84.0 cm³/mol. The molecule has 0 aromatic heterocycles. The fourth-order valence-electron chi connectivity index (χ4n) is 1.53. The fourth-order valence-corrected chi connectivity index (χ4v) is 1.95. The minimum atomic E-state index is 0.654. The summed E-state index contributed by atoms with van der Waals surface area (Å²) >= 11 is 9.36. The Morgan fingerprint density at radius 1 is 1.21 bits per heavy atom. The SMILES string of the molecule is CCOc1ccc(C=Nc2ccc(Br)c(Cl)c2)cc1. The van der Waals surface area contributed by atoms with Crippen LogP contribution in [-0.2, 0) is 0 Å². The minimum Gasteiger partial charge on any atom is -0.494 e. The van der Waals surface area contributed by atoms with Crippen molar-refractivity contribution in [3.05, 3.63) is 57.5 Å². The smallest absolute Gasteiger partial charge is 0.119 e. The van der Waals surface area contributed by atoms with Crippen LogP contribution in [0.25, 0.3) is 0 Å². The number of rotatable bonds is 4. The summed E-state index contributed by atoms with van der Waals surface area (Å²) in [5, 5.41) is 0.654. The molecule has 0 amide bonds. The number of halogens is 2. The van der Waals surface area contributed by atoms with E-state index in [0.29, 0.717) is 11.6 Å². The van der Waals surface area contributed by atoms with Gasteiger partial charge in [-0.2, -0.15) is 0 Å². The molecule has 2 aromatic carbocycles. The van der Waals surface area contributed by atoms with Crippen molar-refractivity contribution in [2.45, 2.75) is 6.92 Å². The second-order valence-electron chi connectivity index (χ2n) is 3.86. The maximum atomic E-state index is 6.01. The molecule has 4 heteroatoms. The van der Waals surface area contributed by atoms with Crippen LogP contribution in [0.4, 0.5) is 5.69 Å². The summed E-state index contributed by atoms with van der Waals surface area (Å²) in [5.41, 5.74) is 1.84. The van der Waals surface area contributed by atoms with Gasteiger partial charge < -0.3 is 4.74 Å². The molecule has 0 N–H and O–H groups in total. The van der Waals surface area contributed by atoms with Crippen molar-refractivity contribution in [1.29, 1.82) is 0 Å². The highest BCUT2D eigenvalue weighted by Crippen LogP contribution is 2.26. The Kier molecular flexibility index (Phi) is 5.00. The average molecular weight is 339 g/mol. The number of aliphatic imine (C=N–C) groups is 1. The minimum absolute atomic E-state index is 0.654. The van der Waals surface area contributed by atoms with Gasteiger partial charge in [0, 0.05) is 10.7 Å². The highest BCUT2D eigenvalue weighted by Gasteiger charge is 1.97. The molecule has 0 heterocycles. The first-order chi connectivity index (χ1) is 9.19. The molecule has 98 valence electrons. The highest BCUT2D eigenvalue weighted by atomic mass is 79.9. The van der Waals surface area contributed by atoms with E-state index in [2.05, 4.69) is 20.9 Å². The van der Waals surface area contributed by atoms with Gasteiger partial charge in [-0.25, -0.2) is 0 Å². The van der Waals surface area contributed by atoms with Crippen molar-refractivity contribution >= 4 is 39.4 Å². The molecule has 0 saturated heterocycles. The lowest BCUT2D eigenvalue weighted by atomic mass is 10.2. The van der Waals surface area contributed by atoms with Crippen molar-refractivity contribution in [1.82, 2.24) is 0 Å². The molecular weight excluding hydrogens is 326 g/mol. The van der Waals surface area contributed by atoms with Crippen molar-refractivity contribution < 1.29 is 4.74 Å². The molecule has 2 aromatic rings. The van der Waals surface area contributed by atoms with Gasteiger partial charge >= 0.3 is 0 Å². The second-order valence-corrected chi connectivity index (χ2v) is 5.12. The van der Waals surface area contributed by atoms with Gasteiger partial charge in [-0.05, 0) is 70.9 Å². The summed E-state index contributed by atoms with van der Waals surface area (Å²) in [5.74, 6) is 0.867. The van der Waals surface area contributed by atoms with E-state index >= 15 is 0 Å². The van der Waals surface area contributed by atoms with Crippen LogP contribution >= 0.6 is 27.5 Å². The Balaban J connectivity index is 2.11. The van der Waals surface area contributed by atoms with Gasteiger partial charge in [0.2, 0.25) is 0 Å². The lowest BCUT2D eigenvalue weighted by Gasteiger charge is -2.02. The third-order valence-corrected chi connectivity index (χ3v) is 3.69. The maximum Gasteiger partial charge on any atom is 0.119 e. The number of benzene rings is 2. The van der Waals surface area contributed by atoms with E-state index < -0.39 is 0 Å². The Morgan fingerprint density at radius 3 is 2.58 bits per heavy atom. The zero-order chi connectivity index (χ0) is 13.7. The summed E-state index contributed by atoms with van der Waals surface area (Å²) in [7, 11) is 0. The summed E-state index contributed by atoms with van der Waals surface area (Å²) in [6, 6.07) is 13.4. The van der Waals surface area contributed by atoms with Crippen LogP contribution in [0.1, 0.15) is 12.5 Å². The van der Waals surface area contributed by atoms with Crippen LogP contribution in [-0.4, -0.2) is 12.8 Å². The van der Waals surface area contributed by atoms with Gasteiger partial charge in [-0.3, -0.25) is 4.99 Å². The van der Waals surface area contributed by atoms with Gasteiger partial charge in [0.05, 0.1) is 17.3 Å². The molecule has 0 saturated carbocycles. The van der Waals surface area contributed by atoms with Gasteiger partial charge in [0.1, 0.15) is 5.75 Å². The van der Waals surface area contributed by atoms with Crippen molar-refractivity contribution in [2.24, 2.45) is 4.99 Å². The Bertz CT molecular complexity index is 581. The number of nitrogens with zero attached hydrogens (tertiary/aromatic N) is 1. The van der Waals surface area contributed by atoms with Crippen molar-refractivity contribution in [3.8, 4) is 5.75 Å². The van der Waals surface area contributed by atoms with Crippen LogP contribution in [0.15, 0.2) is 51.9 Å². The zero-order valence-corrected chi connectivity index (χ0v) is 12.8. The standard InChI is InChI=1S/C15H13BrClNO/c1-2-19-13-6-3-11(4-7-13)10-18-12-5-8-14(16)15(17)9-12/h3-10H,2H2,1H3. The Morgan fingerprint density at radius 2 is 1.95 bits per heavy atom. The molecule has 0 aliphatic heterocycles. The van der Waals surface area contributed by atoms with Gasteiger partial charge in [0.15, 0.2) is 0 Å². The van der Waals surface area contributed by atoms with Crippen LogP contribution in [0.2, 0.25) is 5.02 Å². The van der Waals surface area contributed by atoms with Crippen LogP contribution in [0, 0.1) is 0 Å². The normalized spacial score (nSPS) is 10.9. The van der Waals surface area contributed by atoms with E-state index in [1.165, 1.54) is 0 Å². The second kappa shape index (κ2) is 6.73. The third-order valence-electron chi connectivity index (χ3n) is 2.46. The maximum absolute atomic E-state index is 6.01. The van der Waals surface area contributed by atoms with E-state index in [0.717, 1.165) is 21.5 Å². The molecule has 19 heavy (non-hydrogen) atoms. The summed E-state index contributed by atoms with van der Waals surface area (Å²) in [6.07, 6.45) is 1.80. The first-order valence-corrected chi connectivity index (χ1v) is 7.08. The van der Waals surface area contributed by atoms with Crippen molar-refractivity contribution in [2.75, 3.05) is 6.61 Å². The van der Waals surface area contributed by atoms with E-state index in [9.17, 15) is 0 Å². The lowest BCUT2D eigenvalue weighted by Crippen LogP contribution is -1.91. The molecule has 2 rings (SSSR count). The molecule has 2 nitrogen and oxygen atoms in total. The quantitative estimate of drug-likeness (QED) is 0.698. The number of hydrogen-bond donors (Lipinski definition) is 0.